The van der Waals surface area contributed by atoms with Gasteiger partial charge in [0.1, 0.15) is 0 Å². The highest BCUT2D eigenvalue weighted by molar-refractivity contribution is 6.74. The zero-order valence-electron chi connectivity index (χ0n) is 16.4. The number of esters is 1. The van der Waals surface area contributed by atoms with Crippen molar-refractivity contribution in [3.8, 4) is 0 Å². The van der Waals surface area contributed by atoms with E-state index in [9.17, 15) is 4.79 Å². The van der Waals surface area contributed by atoms with Gasteiger partial charge in [-0.2, -0.15) is 0 Å². The third-order valence-corrected chi connectivity index (χ3v) is 9.16. The van der Waals surface area contributed by atoms with E-state index >= 15 is 0 Å². The first-order valence-electron chi connectivity index (χ1n) is 8.92. The SMILES string of the molecule is CC(C)OC(=O)C[C@H](CCc1ccccc1)O[Si](C)(C)C(C)(C)C. The van der Waals surface area contributed by atoms with Gasteiger partial charge in [-0.1, -0.05) is 51.1 Å². The zero-order valence-corrected chi connectivity index (χ0v) is 17.4. The Morgan fingerprint density at radius 3 is 2.21 bits per heavy atom. The third-order valence-electron chi connectivity index (χ3n) is 4.63. The van der Waals surface area contributed by atoms with E-state index in [1.807, 2.05) is 32.0 Å². The van der Waals surface area contributed by atoms with E-state index in [0.29, 0.717) is 6.42 Å². The predicted molar refractivity (Wildman–Crippen MR) is 103 cm³/mol. The molecular weight excluding hydrogens is 316 g/mol. The maximum absolute atomic E-state index is 12.1. The first-order valence-corrected chi connectivity index (χ1v) is 11.8. The fourth-order valence-electron chi connectivity index (χ4n) is 2.27. The van der Waals surface area contributed by atoms with Gasteiger partial charge in [0.2, 0.25) is 0 Å². The second kappa shape index (κ2) is 8.81. The highest BCUT2D eigenvalue weighted by atomic mass is 28.4. The van der Waals surface area contributed by atoms with Gasteiger partial charge in [-0.25, -0.2) is 0 Å². The first kappa shape index (κ1) is 20.9. The van der Waals surface area contributed by atoms with Crippen LogP contribution in [0.3, 0.4) is 0 Å². The summed E-state index contributed by atoms with van der Waals surface area (Å²) in [6, 6.07) is 10.4. The third kappa shape index (κ3) is 7.18. The molecule has 0 saturated heterocycles. The molecule has 1 aromatic rings. The molecule has 0 aliphatic heterocycles. The molecule has 0 amide bonds. The van der Waals surface area contributed by atoms with Gasteiger partial charge in [0, 0.05) is 0 Å². The van der Waals surface area contributed by atoms with E-state index in [0.717, 1.165) is 12.8 Å². The number of benzene rings is 1. The minimum Gasteiger partial charge on any atom is -0.463 e. The molecule has 24 heavy (non-hydrogen) atoms. The number of hydrogen-bond donors (Lipinski definition) is 0. The van der Waals surface area contributed by atoms with E-state index < -0.39 is 8.32 Å². The van der Waals surface area contributed by atoms with Crippen LogP contribution in [0.5, 0.6) is 0 Å². The van der Waals surface area contributed by atoms with Gasteiger partial charge in [-0.3, -0.25) is 4.79 Å². The lowest BCUT2D eigenvalue weighted by atomic mass is 10.1. The van der Waals surface area contributed by atoms with Crippen LogP contribution in [0.4, 0.5) is 0 Å². The smallest absolute Gasteiger partial charge is 0.308 e. The van der Waals surface area contributed by atoms with E-state index in [-0.39, 0.29) is 23.2 Å². The fourth-order valence-corrected chi connectivity index (χ4v) is 3.65. The Hall–Kier alpha value is -1.13. The number of rotatable bonds is 8. The molecule has 3 nitrogen and oxygen atoms in total. The summed E-state index contributed by atoms with van der Waals surface area (Å²) in [6.07, 6.45) is 1.91. The van der Waals surface area contributed by atoms with Crippen LogP contribution >= 0.6 is 0 Å². The van der Waals surface area contributed by atoms with Crippen molar-refractivity contribution in [3.05, 3.63) is 35.9 Å². The largest absolute Gasteiger partial charge is 0.463 e. The minimum atomic E-state index is -1.92. The summed E-state index contributed by atoms with van der Waals surface area (Å²) in [5.74, 6) is -0.165. The molecule has 1 atom stereocenters. The summed E-state index contributed by atoms with van der Waals surface area (Å²) in [5.41, 5.74) is 1.28. The predicted octanol–water partition coefficient (Wildman–Crippen LogP) is 5.35. The van der Waals surface area contributed by atoms with Crippen LogP contribution in [0.25, 0.3) is 0 Å². The average Bonchev–Trinajstić information content (AvgIpc) is 2.43. The van der Waals surface area contributed by atoms with Gasteiger partial charge >= 0.3 is 5.97 Å². The molecule has 1 rings (SSSR count). The first-order chi connectivity index (χ1) is 11.0. The van der Waals surface area contributed by atoms with Crippen LogP contribution in [0.15, 0.2) is 30.3 Å². The van der Waals surface area contributed by atoms with Crippen LogP contribution in [-0.4, -0.2) is 26.5 Å². The van der Waals surface area contributed by atoms with Crippen molar-refractivity contribution in [2.24, 2.45) is 0 Å². The van der Waals surface area contributed by atoms with Crippen molar-refractivity contribution in [1.29, 1.82) is 0 Å². The summed E-state index contributed by atoms with van der Waals surface area (Å²) in [4.78, 5) is 12.1. The Bertz CT molecular complexity index is 503. The van der Waals surface area contributed by atoms with Crippen molar-refractivity contribution in [2.75, 3.05) is 0 Å². The van der Waals surface area contributed by atoms with Crippen LogP contribution in [-0.2, 0) is 20.4 Å². The molecule has 0 aliphatic carbocycles. The standard InChI is InChI=1S/C20H34O3Si/c1-16(2)22-19(21)15-18(23-24(6,7)20(3,4)5)14-13-17-11-9-8-10-12-17/h8-12,16,18H,13-15H2,1-7H3/t18-/m0/s1. The molecule has 1 aromatic carbocycles. The molecule has 0 spiro atoms. The lowest BCUT2D eigenvalue weighted by Gasteiger charge is -2.39. The van der Waals surface area contributed by atoms with E-state index in [2.05, 4.69) is 46.0 Å². The van der Waals surface area contributed by atoms with Crippen LogP contribution in [0.2, 0.25) is 18.1 Å². The molecule has 0 bridgehead atoms. The molecular formula is C20H34O3Si. The lowest BCUT2D eigenvalue weighted by Crippen LogP contribution is -2.44. The minimum absolute atomic E-state index is 0.0832. The van der Waals surface area contributed by atoms with Crippen molar-refractivity contribution in [1.82, 2.24) is 0 Å². The highest BCUT2D eigenvalue weighted by Crippen LogP contribution is 2.38. The van der Waals surface area contributed by atoms with Crippen LogP contribution in [0.1, 0.15) is 53.0 Å². The Labute approximate surface area is 148 Å². The summed E-state index contributed by atoms with van der Waals surface area (Å²) < 4.78 is 11.8. The number of hydrogen-bond acceptors (Lipinski definition) is 3. The lowest BCUT2D eigenvalue weighted by molar-refractivity contribution is -0.149. The van der Waals surface area contributed by atoms with Gasteiger partial charge in [0.15, 0.2) is 8.32 Å². The second-order valence-corrected chi connectivity index (χ2v) is 13.0. The Morgan fingerprint density at radius 1 is 1.12 bits per heavy atom. The number of aryl methyl sites for hydroxylation is 1. The maximum atomic E-state index is 12.1. The molecule has 0 unspecified atom stereocenters. The molecule has 0 radical (unpaired) electrons. The molecule has 0 N–H and O–H groups in total. The van der Waals surface area contributed by atoms with Crippen molar-refractivity contribution < 1.29 is 14.0 Å². The number of ether oxygens (including phenoxy) is 1. The summed E-state index contributed by atoms with van der Waals surface area (Å²) in [7, 11) is -1.92. The molecule has 4 heteroatoms. The molecule has 136 valence electrons. The number of carbonyl (C=O) groups excluding carboxylic acids is 1. The zero-order chi connectivity index (χ0) is 18.4. The van der Waals surface area contributed by atoms with Crippen molar-refractivity contribution >= 4 is 14.3 Å². The average molecular weight is 351 g/mol. The highest BCUT2D eigenvalue weighted by Gasteiger charge is 2.39. The summed E-state index contributed by atoms with van der Waals surface area (Å²) >= 11 is 0. The van der Waals surface area contributed by atoms with Crippen molar-refractivity contribution in [2.45, 2.75) is 84.2 Å². The van der Waals surface area contributed by atoms with E-state index in [1.54, 1.807) is 0 Å². The normalized spacial score (nSPS) is 13.8. The van der Waals surface area contributed by atoms with Crippen LogP contribution in [0, 0.1) is 0 Å². The maximum Gasteiger partial charge on any atom is 0.308 e. The summed E-state index contributed by atoms with van der Waals surface area (Å²) in [6.45, 7) is 14.9. The van der Waals surface area contributed by atoms with Gasteiger partial charge < -0.3 is 9.16 Å². The molecule has 0 saturated carbocycles. The van der Waals surface area contributed by atoms with Crippen LogP contribution < -0.4 is 0 Å². The summed E-state index contributed by atoms with van der Waals surface area (Å²) in [5, 5.41) is 0.125. The molecule has 0 heterocycles. The quantitative estimate of drug-likeness (QED) is 0.468. The Balaban J connectivity index is 2.76. The topological polar surface area (TPSA) is 35.5 Å². The van der Waals surface area contributed by atoms with Gasteiger partial charge in [-0.15, -0.1) is 0 Å². The second-order valence-electron chi connectivity index (χ2n) is 8.27. The van der Waals surface area contributed by atoms with E-state index in [4.69, 9.17) is 9.16 Å². The van der Waals surface area contributed by atoms with Gasteiger partial charge in [0.25, 0.3) is 0 Å². The van der Waals surface area contributed by atoms with Crippen molar-refractivity contribution in [3.63, 3.8) is 0 Å². The molecule has 0 aromatic heterocycles. The monoisotopic (exact) mass is 350 g/mol. The molecule has 0 aliphatic rings. The number of carbonyl (C=O) groups is 1. The Morgan fingerprint density at radius 2 is 1.71 bits per heavy atom. The molecule has 0 fully saturated rings. The van der Waals surface area contributed by atoms with Gasteiger partial charge in [0.05, 0.1) is 18.6 Å². The fraction of sp³-hybridized carbons (Fsp3) is 0.650. The van der Waals surface area contributed by atoms with E-state index in [1.165, 1.54) is 5.56 Å². The Kier molecular flexibility index (Phi) is 7.68. The van der Waals surface area contributed by atoms with Gasteiger partial charge in [-0.05, 0) is 50.4 Å².